The Bertz CT molecular complexity index is 408. The Labute approximate surface area is 86.5 Å². The van der Waals surface area contributed by atoms with Gasteiger partial charge in [-0.25, -0.2) is 13.4 Å². The van der Waals surface area contributed by atoms with Gasteiger partial charge in [0.25, 0.3) is 9.05 Å². The molecule has 0 saturated carbocycles. The molecule has 0 saturated heterocycles. The second kappa shape index (κ2) is 3.43. The Morgan fingerprint density at radius 3 is 2.50 bits per heavy atom. The molecule has 7 heteroatoms. The molecule has 1 heterocycles. The van der Waals surface area contributed by atoms with Gasteiger partial charge in [-0.1, -0.05) is 0 Å². The molecule has 0 aliphatic rings. The first-order chi connectivity index (χ1) is 5.41. The second-order valence-electron chi connectivity index (χ2n) is 1.86. The van der Waals surface area contributed by atoms with Crippen LogP contribution in [0.2, 0.25) is 0 Å². The lowest BCUT2D eigenvalue weighted by Crippen LogP contribution is -1.98. The van der Waals surface area contributed by atoms with E-state index in [1.54, 1.807) is 22.6 Å². The van der Waals surface area contributed by atoms with Gasteiger partial charge in [0.1, 0.15) is 8.60 Å². The predicted molar refractivity (Wildman–Crippen MR) is 50.0 cm³/mol. The Morgan fingerprint density at radius 1 is 1.50 bits per heavy atom. The fourth-order valence-corrected chi connectivity index (χ4v) is 1.80. The van der Waals surface area contributed by atoms with E-state index in [9.17, 15) is 12.8 Å². The van der Waals surface area contributed by atoms with E-state index in [4.69, 9.17) is 10.7 Å². The molecule has 3 nitrogen and oxygen atoms in total. The third kappa shape index (κ3) is 2.27. The van der Waals surface area contributed by atoms with E-state index in [0.717, 1.165) is 6.07 Å². The van der Waals surface area contributed by atoms with E-state index >= 15 is 0 Å². The van der Waals surface area contributed by atoms with Crippen LogP contribution >= 0.6 is 33.3 Å². The van der Waals surface area contributed by atoms with Crippen molar-refractivity contribution < 1.29 is 12.8 Å². The highest BCUT2D eigenvalue weighted by atomic mass is 127. The summed E-state index contributed by atoms with van der Waals surface area (Å²) < 4.78 is 34.4. The molecular formula is C5H2ClFINO2S. The van der Waals surface area contributed by atoms with Gasteiger partial charge >= 0.3 is 0 Å². The van der Waals surface area contributed by atoms with Crippen molar-refractivity contribution in [3.8, 4) is 0 Å². The van der Waals surface area contributed by atoms with Crippen LogP contribution in [-0.4, -0.2) is 13.4 Å². The van der Waals surface area contributed by atoms with Crippen LogP contribution in [0.5, 0.6) is 0 Å². The Balaban J connectivity index is 3.39. The summed E-state index contributed by atoms with van der Waals surface area (Å²) in [7, 11) is 0.887. The minimum atomic E-state index is -4.02. The van der Waals surface area contributed by atoms with Gasteiger partial charge in [0.2, 0.25) is 5.95 Å². The van der Waals surface area contributed by atoms with Gasteiger partial charge in [-0.2, -0.15) is 4.39 Å². The molecule has 12 heavy (non-hydrogen) atoms. The summed E-state index contributed by atoms with van der Waals surface area (Å²) in [6.45, 7) is 0. The largest absolute Gasteiger partial charge is 0.265 e. The first-order valence-corrected chi connectivity index (χ1v) is 6.07. The zero-order valence-corrected chi connectivity index (χ0v) is 9.19. The summed E-state index contributed by atoms with van der Waals surface area (Å²) in [6.07, 6.45) is 0. The van der Waals surface area contributed by atoms with Crippen LogP contribution in [0.4, 0.5) is 4.39 Å². The highest BCUT2D eigenvalue weighted by Crippen LogP contribution is 2.17. The highest BCUT2D eigenvalue weighted by Gasteiger charge is 2.16. The average molecular weight is 321 g/mol. The number of hydrogen-bond acceptors (Lipinski definition) is 3. The van der Waals surface area contributed by atoms with E-state index in [0.29, 0.717) is 3.70 Å². The first-order valence-electron chi connectivity index (χ1n) is 2.68. The predicted octanol–water partition coefficient (Wildman–Crippen LogP) is 1.75. The fraction of sp³-hybridized carbons (Fsp3) is 0. The van der Waals surface area contributed by atoms with Crippen LogP contribution in [0.15, 0.2) is 17.0 Å². The molecule has 0 aliphatic heterocycles. The van der Waals surface area contributed by atoms with Crippen LogP contribution in [0.3, 0.4) is 0 Å². The van der Waals surface area contributed by atoms with Crippen LogP contribution in [0.25, 0.3) is 0 Å². The minimum absolute atomic E-state index is 0.370. The van der Waals surface area contributed by atoms with Crippen molar-refractivity contribution in [2.24, 2.45) is 0 Å². The lowest BCUT2D eigenvalue weighted by molar-refractivity contribution is 0.540. The number of halogens is 3. The van der Waals surface area contributed by atoms with Gasteiger partial charge in [-0.15, -0.1) is 0 Å². The highest BCUT2D eigenvalue weighted by molar-refractivity contribution is 14.1. The van der Waals surface area contributed by atoms with Crippen molar-refractivity contribution in [1.82, 2.24) is 4.98 Å². The minimum Gasteiger partial charge on any atom is -0.212 e. The quantitative estimate of drug-likeness (QED) is 0.450. The summed E-state index contributed by atoms with van der Waals surface area (Å²) >= 11 is 1.76. The third-order valence-electron chi connectivity index (χ3n) is 1.04. The Kier molecular flexibility index (Phi) is 2.89. The Hall–Kier alpha value is 0.0500. The number of pyridine rings is 1. The van der Waals surface area contributed by atoms with Crippen molar-refractivity contribution in [3.05, 3.63) is 21.8 Å². The summed E-state index contributed by atoms with van der Waals surface area (Å²) in [4.78, 5) is 2.70. The van der Waals surface area contributed by atoms with Gasteiger partial charge in [0, 0.05) is 10.7 Å². The maximum Gasteiger partial charge on any atom is 0.265 e. The standard InChI is InChI=1S/C5H2ClFINO2S/c6-12(10,11)3-1-2-4(8)9-5(3)7/h1-2H. The molecule has 0 aliphatic carbocycles. The first kappa shape index (κ1) is 10.1. The summed E-state index contributed by atoms with van der Waals surface area (Å²) in [5, 5.41) is 0. The van der Waals surface area contributed by atoms with Crippen LogP contribution < -0.4 is 0 Å². The molecule has 0 amide bonds. The molecule has 1 rings (SSSR count). The molecule has 0 fully saturated rings. The molecule has 0 aromatic carbocycles. The van der Waals surface area contributed by atoms with Gasteiger partial charge in [-0.05, 0) is 34.7 Å². The van der Waals surface area contributed by atoms with Crippen molar-refractivity contribution >= 4 is 42.3 Å². The van der Waals surface area contributed by atoms with Crippen molar-refractivity contribution in [2.75, 3.05) is 0 Å². The van der Waals surface area contributed by atoms with Crippen molar-refractivity contribution in [3.63, 3.8) is 0 Å². The van der Waals surface area contributed by atoms with E-state index in [-0.39, 0.29) is 0 Å². The Morgan fingerprint density at radius 2 is 2.08 bits per heavy atom. The molecule has 1 aromatic rings. The summed E-state index contributed by atoms with van der Waals surface area (Å²) in [5.41, 5.74) is 0. The molecule has 0 unspecified atom stereocenters. The van der Waals surface area contributed by atoms with E-state index in [1.165, 1.54) is 6.07 Å². The van der Waals surface area contributed by atoms with Gasteiger partial charge in [0.05, 0.1) is 0 Å². The monoisotopic (exact) mass is 321 g/mol. The van der Waals surface area contributed by atoms with Crippen LogP contribution in [0.1, 0.15) is 0 Å². The maximum absolute atomic E-state index is 12.8. The summed E-state index contributed by atoms with van der Waals surface area (Å²) in [6, 6.07) is 2.44. The zero-order valence-electron chi connectivity index (χ0n) is 5.46. The molecule has 0 radical (unpaired) electrons. The molecular weight excluding hydrogens is 319 g/mol. The molecule has 0 atom stereocenters. The normalized spacial score (nSPS) is 11.6. The average Bonchev–Trinajstić information content (AvgIpc) is 1.83. The molecule has 0 bridgehead atoms. The van der Waals surface area contributed by atoms with Crippen LogP contribution in [-0.2, 0) is 9.05 Å². The van der Waals surface area contributed by atoms with Gasteiger partial charge in [0.15, 0.2) is 0 Å². The molecule has 0 spiro atoms. The number of nitrogens with zero attached hydrogens (tertiary/aromatic N) is 1. The van der Waals surface area contributed by atoms with Gasteiger partial charge < -0.3 is 0 Å². The maximum atomic E-state index is 12.8. The SMILES string of the molecule is O=S(=O)(Cl)c1ccc(I)nc1F. The molecule has 66 valence electrons. The smallest absolute Gasteiger partial charge is 0.212 e. The van der Waals surface area contributed by atoms with E-state index in [1.807, 2.05) is 0 Å². The molecule has 1 aromatic heterocycles. The lowest BCUT2D eigenvalue weighted by Gasteiger charge is -1.96. The van der Waals surface area contributed by atoms with E-state index < -0.39 is 19.9 Å². The van der Waals surface area contributed by atoms with Gasteiger partial charge in [-0.3, -0.25) is 0 Å². The fourth-order valence-electron chi connectivity index (χ4n) is 0.581. The van der Waals surface area contributed by atoms with Crippen LogP contribution in [0, 0.1) is 9.65 Å². The summed E-state index contributed by atoms with van der Waals surface area (Å²) in [5.74, 6) is -1.07. The molecule has 0 N–H and O–H groups in total. The topological polar surface area (TPSA) is 47.0 Å². The lowest BCUT2D eigenvalue weighted by atomic mass is 10.5. The zero-order chi connectivity index (χ0) is 9.35. The number of aromatic nitrogens is 1. The van der Waals surface area contributed by atoms with Crippen molar-refractivity contribution in [2.45, 2.75) is 4.90 Å². The second-order valence-corrected chi connectivity index (χ2v) is 5.50. The van der Waals surface area contributed by atoms with E-state index in [2.05, 4.69) is 4.98 Å². The number of hydrogen-bond donors (Lipinski definition) is 0. The number of rotatable bonds is 1. The third-order valence-corrected chi connectivity index (χ3v) is 2.97. The van der Waals surface area contributed by atoms with Crippen molar-refractivity contribution in [1.29, 1.82) is 0 Å².